The van der Waals surface area contributed by atoms with Crippen LogP contribution < -0.4 is 10.9 Å². The van der Waals surface area contributed by atoms with E-state index in [-0.39, 0.29) is 5.02 Å². The fourth-order valence-corrected chi connectivity index (χ4v) is 2.57. The highest BCUT2D eigenvalue weighted by molar-refractivity contribution is 6.32. The molecule has 0 aliphatic heterocycles. The van der Waals surface area contributed by atoms with Crippen LogP contribution in [0.25, 0.3) is 5.69 Å². The van der Waals surface area contributed by atoms with Gasteiger partial charge in [0, 0.05) is 6.04 Å². The highest BCUT2D eigenvalue weighted by atomic mass is 35.5. The minimum atomic E-state index is -0.935. The zero-order valence-electron chi connectivity index (χ0n) is 13.2. The second-order valence-electron chi connectivity index (χ2n) is 5.46. The molecule has 0 bridgehead atoms. The molecule has 25 heavy (non-hydrogen) atoms. The molecule has 0 spiro atoms. The molecule has 0 aliphatic carbocycles. The van der Waals surface area contributed by atoms with Gasteiger partial charge >= 0.3 is 0 Å². The van der Waals surface area contributed by atoms with Crippen LogP contribution >= 0.6 is 11.6 Å². The fourth-order valence-electron chi connectivity index (χ4n) is 2.38. The number of benzene rings is 2. The molecule has 0 amide bonds. The van der Waals surface area contributed by atoms with Crippen LogP contribution in [0.2, 0.25) is 5.02 Å². The lowest BCUT2D eigenvalue weighted by Gasteiger charge is -2.17. The Morgan fingerprint density at radius 1 is 1.12 bits per heavy atom. The van der Waals surface area contributed by atoms with Crippen molar-refractivity contribution >= 4 is 17.3 Å². The van der Waals surface area contributed by atoms with Crippen molar-refractivity contribution in [3.8, 4) is 5.69 Å². The van der Waals surface area contributed by atoms with Crippen molar-refractivity contribution in [2.45, 2.75) is 13.0 Å². The Hall–Kier alpha value is -2.73. The molecule has 1 aromatic heterocycles. The van der Waals surface area contributed by atoms with Crippen molar-refractivity contribution in [1.82, 2.24) is 9.78 Å². The number of halogens is 3. The molecule has 3 aromatic rings. The van der Waals surface area contributed by atoms with E-state index < -0.39 is 23.2 Å². The topological polar surface area (TPSA) is 46.9 Å². The first-order valence-electron chi connectivity index (χ1n) is 7.52. The number of hydrogen-bond donors (Lipinski definition) is 1. The van der Waals surface area contributed by atoms with Gasteiger partial charge in [0.2, 0.25) is 0 Å². The molecule has 128 valence electrons. The molecule has 0 radical (unpaired) electrons. The smallest absolute Gasteiger partial charge is 0.292 e. The van der Waals surface area contributed by atoms with Crippen molar-refractivity contribution in [1.29, 1.82) is 0 Å². The van der Waals surface area contributed by atoms with Crippen molar-refractivity contribution < 1.29 is 8.78 Å². The summed E-state index contributed by atoms with van der Waals surface area (Å²) in [7, 11) is 0. The Morgan fingerprint density at radius 2 is 1.84 bits per heavy atom. The highest BCUT2D eigenvalue weighted by Gasteiger charge is 2.14. The van der Waals surface area contributed by atoms with Gasteiger partial charge in [-0.3, -0.25) is 4.79 Å². The van der Waals surface area contributed by atoms with Crippen LogP contribution in [0, 0.1) is 11.6 Å². The third-order valence-corrected chi connectivity index (χ3v) is 4.10. The van der Waals surface area contributed by atoms with Gasteiger partial charge in [0.25, 0.3) is 5.56 Å². The summed E-state index contributed by atoms with van der Waals surface area (Å²) in [5.41, 5.74) is 0.947. The van der Waals surface area contributed by atoms with E-state index in [0.717, 1.165) is 12.1 Å². The summed E-state index contributed by atoms with van der Waals surface area (Å²) in [6.07, 6.45) is 1.42. The Morgan fingerprint density at radius 3 is 2.52 bits per heavy atom. The van der Waals surface area contributed by atoms with Crippen LogP contribution in [-0.4, -0.2) is 9.78 Å². The molecule has 0 saturated carbocycles. The summed E-state index contributed by atoms with van der Waals surface area (Å²) in [5.74, 6) is -1.85. The number of aromatic nitrogens is 2. The lowest BCUT2D eigenvalue weighted by atomic mass is 10.1. The van der Waals surface area contributed by atoms with Gasteiger partial charge in [0.1, 0.15) is 5.02 Å². The average molecular weight is 362 g/mol. The van der Waals surface area contributed by atoms with E-state index in [1.54, 1.807) is 31.2 Å². The molecular formula is C18H14ClF2N3O. The van der Waals surface area contributed by atoms with Crippen LogP contribution in [-0.2, 0) is 0 Å². The van der Waals surface area contributed by atoms with Gasteiger partial charge in [-0.1, -0.05) is 35.9 Å². The summed E-state index contributed by atoms with van der Waals surface area (Å²) in [4.78, 5) is 12.4. The standard InChI is InChI=1S/C18H14ClF2N3O/c1-11(12-7-8-14(20)15(21)9-12)23-16-10-22-24(18(25)17(16)19)13-5-3-2-4-6-13/h2-11,23H,1H3. The van der Waals surface area contributed by atoms with Gasteiger partial charge in [0.05, 0.1) is 17.6 Å². The molecular weight excluding hydrogens is 348 g/mol. The van der Waals surface area contributed by atoms with Gasteiger partial charge < -0.3 is 5.32 Å². The SMILES string of the molecule is CC(Nc1cnn(-c2ccccc2)c(=O)c1Cl)c1ccc(F)c(F)c1. The molecule has 1 atom stereocenters. The maximum absolute atomic E-state index is 13.4. The van der Waals surface area contributed by atoms with E-state index in [1.165, 1.54) is 16.9 Å². The molecule has 1 unspecified atom stereocenters. The van der Waals surface area contributed by atoms with Crippen molar-refractivity contribution in [2.24, 2.45) is 0 Å². The number of anilines is 1. The number of rotatable bonds is 4. The van der Waals surface area contributed by atoms with Gasteiger partial charge in [-0.05, 0) is 36.8 Å². The van der Waals surface area contributed by atoms with E-state index in [1.807, 2.05) is 6.07 Å². The van der Waals surface area contributed by atoms with Crippen molar-refractivity contribution in [3.63, 3.8) is 0 Å². The Balaban J connectivity index is 1.89. The monoisotopic (exact) mass is 361 g/mol. The summed E-state index contributed by atoms with van der Waals surface area (Å²) < 4.78 is 27.6. The number of hydrogen-bond acceptors (Lipinski definition) is 3. The van der Waals surface area contributed by atoms with E-state index in [0.29, 0.717) is 16.9 Å². The van der Waals surface area contributed by atoms with E-state index >= 15 is 0 Å². The lowest BCUT2D eigenvalue weighted by molar-refractivity contribution is 0.506. The Bertz CT molecular complexity index is 960. The molecule has 4 nitrogen and oxygen atoms in total. The maximum atomic E-state index is 13.4. The van der Waals surface area contributed by atoms with Crippen LogP contribution in [0.5, 0.6) is 0 Å². The predicted octanol–water partition coefficient (Wildman–Crippen LogP) is 4.34. The molecule has 0 saturated heterocycles. The minimum Gasteiger partial charge on any atom is -0.376 e. The van der Waals surface area contributed by atoms with Crippen molar-refractivity contribution in [2.75, 3.05) is 5.32 Å². The third-order valence-electron chi connectivity index (χ3n) is 3.74. The predicted molar refractivity (Wildman–Crippen MR) is 93.2 cm³/mol. The molecule has 2 aromatic carbocycles. The Kier molecular flexibility index (Phi) is 4.81. The average Bonchev–Trinajstić information content (AvgIpc) is 2.62. The first-order valence-corrected chi connectivity index (χ1v) is 7.90. The first kappa shape index (κ1) is 17.1. The molecule has 0 aliphatic rings. The quantitative estimate of drug-likeness (QED) is 0.752. The van der Waals surface area contributed by atoms with Gasteiger partial charge in [-0.25, -0.2) is 8.78 Å². The molecule has 0 fully saturated rings. The van der Waals surface area contributed by atoms with Crippen LogP contribution in [0.15, 0.2) is 59.5 Å². The number of nitrogens with zero attached hydrogens (tertiary/aromatic N) is 2. The van der Waals surface area contributed by atoms with E-state index in [9.17, 15) is 13.6 Å². The summed E-state index contributed by atoms with van der Waals surface area (Å²) in [6.45, 7) is 1.74. The second-order valence-corrected chi connectivity index (χ2v) is 5.84. The summed E-state index contributed by atoms with van der Waals surface area (Å²) >= 11 is 6.17. The zero-order chi connectivity index (χ0) is 18.0. The molecule has 3 rings (SSSR count). The van der Waals surface area contributed by atoms with E-state index in [4.69, 9.17) is 11.6 Å². The van der Waals surface area contributed by atoms with Crippen molar-refractivity contribution in [3.05, 3.63) is 87.3 Å². The Labute approximate surface area is 147 Å². The maximum Gasteiger partial charge on any atom is 0.292 e. The van der Waals surface area contributed by atoms with Crippen LogP contribution in [0.1, 0.15) is 18.5 Å². The summed E-state index contributed by atoms with van der Waals surface area (Å²) in [6, 6.07) is 12.1. The summed E-state index contributed by atoms with van der Waals surface area (Å²) in [5, 5.41) is 7.07. The van der Waals surface area contributed by atoms with Crippen LogP contribution in [0.4, 0.5) is 14.5 Å². The zero-order valence-corrected chi connectivity index (χ0v) is 14.0. The second kappa shape index (κ2) is 7.03. The molecule has 7 heteroatoms. The fraction of sp³-hybridized carbons (Fsp3) is 0.111. The number of nitrogens with one attached hydrogen (secondary N) is 1. The molecule has 1 heterocycles. The number of para-hydroxylation sites is 1. The first-order chi connectivity index (χ1) is 12.0. The van der Waals surface area contributed by atoms with E-state index in [2.05, 4.69) is 10.4 Å². The largest absolute Gasteiger partial charge is 0.376 e. The van der Waals surface area contributed by atoms with Gasteiger partial charge in [-0.2, -0.15) is 9.78 Å². The minimum absolute atomic E-state index is 0.0340. The molecule has 1 N–H and O–H groups in total. The normalized spacial score (nSPS) is 12.0. The van der Waals surface area contributed by atoms with Gasteiger partial charge in [-0.15, -0.1) is 0 Å². The lowest BCUT2D eigenvalue weighted by Crippen LogP contribution is -2.23. The van der Waals surface area contributed by atoms with Crippen LogP contribution in [0.3, 0.4) is 0 Å². The third kappa shape index (κ3) is 3.53. The highest BCUT2D eigenvalue weighted by Crippen LogP contribution is 2.24. The van der Waals surface area contributed by atoms with Gasteiger partial charge in [0.15, 0.2) is 11.6 Å².